The lowest BCUT2D eigenvalue weighted by Gasteiger charge is -2.04. The molecule has 19 heavy (non-hydrogen) atoms. The van der Waals surface area contributed by atoms with Gasteiger partial charge in [-0.05, 0) is 18.2 Å². The summed E-state index contributed by atoms with van der Waals surface area (Å²) in [6.07, 6.45) is -3.34. The Hall–Kier alpha value is -2.58. The number of rotatable bonds is 2. The highest BCUT2D eigenvalue weighted by atomic mass is 19.4. The first kappa shape index (κ1) is 11.5. The Morgan fingerprint density at radius 3 is 2.68 bits per heavy atom. The van der Waals surface area contributed by atoms with Gasteiger partial charge in [0, 0.05) is 0 Å². The summed E-state index contributed by atoms with van der Waals surface area (Å²) in [6, 6.07) is 3.03. The molecule has 98 valence electrons. The molecule has 0 saturated heterocycles. The number of hydrogen-bond donors (Lipinski definition) is 1. The lowest BCUT2D eigenvalue weighted by atomic mass is 10.2. The zero-order valence-corrected chi connectivity index (χ0v) is 9.10. The standard InChI is InChI=1S/C10H5F3N4O2/c11-10(12,13)5-1-2-6-7(3-5)19-8(15-6)16-9-17-14-4-18-9/h1-4H,(H,15,16,17). The fraction of sp³-hybridized carbons (Fsp3) is 0.100. The van der Waals surface area contributed by atoms with E-state index in [0.29, 0.717) is 0 Å². The third-order valence-corrected chi connectivity index (χ3v) is 2.29. The fourth-order valence-corrected chi connectivity index (χ4v) is 1.47. The van der Waals surface area contributed by atoms with Gasteiger partial charge in [-0.1, -0.05) is 5.10 Å². The van der Waals surface area contributed by atoms with Gasteiger partial charge in [-0.2, -0.15) is 18.2 Å². The van der Waals surface area contributed by atoms with E-state index in [-0.39, 0.29) is 23.1 Å². The van der Waals surface area contributed by atoms with E-state index in [1.807, 2.05) is 0 Å². The molecule has 9 heteroatoms. The maximum Gasteiger partial charge on any atom is 0.416 e. The summed E-state index contributed by atoms with van der Waals surface area (Å²) in [5.74, 6) is 0. The molecule has 0 amide bonds. The first-order valence-electron chi connectivity index (χ1n) is 5.03. The summed E-state index contributed by atoms with van der Waals surface area (Å²) < 4.78 is 47.5. The van der Waals surface area contributed by atoms with Crippen molar-refractivity contribution in [2.24, 2.45) is 0 Å². The normalized spacial score (nSPS) is 11.9. The number of alkyl halides is 3. The van der Waals surface area contributed by atoms with Crippen LogP contribution in [0.15, 0.2) is 33.4 Å². The highest BCUT2D eigenvalue weighted by Crippen LogP contribution is 2.32. The Bertz CT molecular complexity index is 705. The van der Waals surface area contributed by atoms with Crippen molar-refractivity contribution in [3.05, 3.63) is 30.2 Å². The smallest absolute Gasteiger partial charge is 0.416 e. The van der Waals surface area contributed by atoms with Gasteiger partial charge >= 0.3 is 18.2 Å². The SMILES string of the molecule is FC(F)(F)c1ccc2nc(Nc3nnco3)oc2c1. The Morgan fingerprint density at radius 2 is 2.00 bits per heavy atom. The van der Waals surface area contributed by atoms with Gasteiger partial charge in [0.05, 0.1) is 5.56 Å². The van der Waals surface area contributed by atoms with Crippen LogP contribution in [0.2, 0.25) is 0 Å². The van der Waals surface area contributed by atoms with Gasteiger partial charge in [0.2, 0.25) is 6.39 Å². The fourth-order valence-electron chi connectivity index (χ4n) is 1.47. The topological polar surface area (TPSA) is 77.0 Å². The molecule has 0 atom stereocenters. The lowest BCUT2D eigenvalue weighted by Crippen LogP contribution is -2.03. The van der Waals surface area contributed by atoms with Crippen molar-refractivity contribution in [2.45, 2.75) is 6.18 Å². The molecule has 0 aliphatic carbocycles. The van der Waals surface area contributed by atoms with E-state index in [1.165, 1.54) is 6.07 Å². The van der Waals surface area contributed by atoms with Gasteiger partial charge in [0.1, 0.15) is 5.52 Å². The molecule has 0 saturated carbocycles. The number of anilines is 2. The minimum atomic E-state index is -4.43. The number of oxazole rings is 1. The molecule has 2 aromatic heterocycles. The Balaban J connectivity index is 1.97. The predicted molar refractivity (Wildman–Crippen MR) is 56.6 cm³/mol. The van der Waals surface area contributed by atoms with Crippen molar-refractivity contribution in [1.29, 1.82) is 0 Å². The highest BCUT2D eigenvalue weighted by molar-refractivity contribution is 5.75. The van der Waals surface area contributed by atoms with Gasteiger partial charge < -0.3 is 8.83 Å². The van der Waals surface area contributed by atoms with Gasteiger partial charge in [-0.25, -0.2) is 0 Å². The molecule has 1 N–H and O–H groups in total. The second-order valence-electron chi connectivity index (χ2n) is 3.57. The van der Waals surface area contributed by atoms with Gasteiger partial charge in [0.15, 0.2) is 5.58 Å². The van der Waals surface area contributed by atoms with Crippen molar-refractivity contribution >= 4 is 23.1 Å². The number of hydrogen-bond acceptors (Lipinski definition) is 6. The maximum atomic E-state index is 12.5. The number of nitrogens with zero attached hydrogens (tertiary/aromatic N) is 3. The summed E-state index contributed by atoms with van der Waals surface area (Å²) in [7, 11) is 0. The van der Waals surface area contributed by atoms with Gasteiger partial charge in [-0.15, -0.1) is 5.10 Å². The first-order valence-corrected chi connectivity index (χ1v) is 5.03. The zero-order valence-electron chi connectivity index (χ0n) is 9.10. The molecule has 0 aliphatic rings. The van der Waals surface area contributed by atoms with Crippen molar-refractivity contribution in [1.82, 2.24) is 15.2 Å². The molecule has 0 radical (unpaired) electrons. The summed E-state index contributed by atoms with van der Waals surface area (Å²) in [6.45, 7) is 0. The monoisotopic (exact) mass is 270 g/mol. The van der Waals surface area contributed by atoms with E-state index in [1.54, 1.807) is 0 Å². The molecule has 0 spiro atoms. The van der Waals surface area contributed by atoms with Gasteiger partial charge in [0.25, 0.3) is 0 Å². The number of halogens is 3. The van der Waals surface area contributed by atoms with Crippen LogP contribution in [0.3, 0.4) is 0 Å². The highest BCUT2D eigenvalue weighted by Gasteiger charge is 2.31. The molecule has 1 aromatic carbocycles. The average molecular weight is 270 g/mol. The van der Waals surface area contributed by atoms with Crippen LogP contribution in [0.4, 0.5) is 25.2 Å². The molecule has 0 fully saturated rings. The molecule has 2 heterocycles. The van der Waals surface area contributed by atoms with Crippen molar-refractivity contribution in [3.63, 3.8) is 0 Å². The van der Waals surface area contributed by atoms with E-state index in [2.05, 4.69) is 20.5 Å². The van der Waals surface area contributed by atoms with E-state index < -0.39 is 11.7 Å². The van der Waals surface area contributed by atoms with Crippen molar-refractivity contribution in [3.8, 4) is 0 Å². The maximum absolute atomic E-state index is 12.5. The van der Waals surface area contributed by atoms with Crippen molar-refractivity contribution < 1.29 is 22.0 Å². The zero-order chi connectivity index (χ0) is 13.5. The molecular weight excluding hydrogens is 265 g/mol. The Kier molecular flexibility index (Phi) is 2.40. The first-order chi connectivity index (χ1) is 9.02. The predicted octanol–water partition coefficient (Wildman–Crippen LogP) is 2.97. The summed E-state index contributed by atoms with van der Waals surface area (Å²) in [4.78, 5) is 3.94. The van der Waals surface area contributed by atoms with Crippen LogP contribution < -0.4 is 5.32 Å². The number of aromatic nitrogens is 3. The minimum absolute atomic E-state index is 0.0110. The lowest BCUT2D eigenvalue weighted by molar-refractivity contribution is -0.137. The molecule has 3 rings (SSSR count). The Morgan fingerprint density at radius 1 is 1.16 bits per heavy atom. The quantitative estimate of drug-likeness (QED) is 0.771. The number of benzene rings is 1. The van der Waals surface area contributed by atoms with Crippen molar-refractivity contribution in [2.75, 3.05) is 5.32 Å². The van der Waals surface area contributed by atoms with E-state index in [9.17, 15) is 13.2 Å². The number of fused-ring (bicyclic) bond motifs is 1. The van der Waals surface area contributed by atoms with Crippen LogP contribution in [0.1, 0.15) is 5.56 Å². The van der Waals surface area contributed by atoms with E-state index >= 15 is 0 Å². The second-order valence-corrected chi connectivity index (χ2v) is 3.57. The minimum Gasteiger partial charge on any atom is -0.423 e. The molecule has 0 unspecified atom stereocenters. The summed E-state index contributed by atoms with van der Waals surface area (Å²) >= 11 is 0. The summed E-state index contributed by atoms with van der Waals surface area (Å²) in [5.41, 5.74) is -0.507. The molecule has 0 bridgehead atoms. The van der Waals surface area contributed by atoms with Crippen LogP contribution in [0.25, 0.3) is 11.1 Å². The van der Waals surface area contributed by atoms with E-state index in [0.717, 1.165) is 18.5 Å². The second kappa shape index (κ2) is 3.97. The summed E-state index contributed by atoms with van der Waals surface area (Å²) in [5, 5.41) is 9.48. The van der Waals surface area contributed by atoms with Crippen LogP contribution >= 0.6 is 0 Å². The van der Waals surface area contributed by atoms with Crippen LogP contribution in [-0.2, 0) is 6.18 Å². The molecule has 3 aromatic rings. The molecule has 6 nitrogen and oxygen atoms in total. The van der Waals surface area contributed by atoms with E-state index in [4.69, 9.17) is 8.83 Å². The van der Waals surface area contributed by atoms with Gasteiger partial charge in [-0.3, -0.25) is 5.32 Å². The van der Waals surface area contributed by atoms with Crippen LogP contribution in [0, 0.1) is 0 Å². The Labute approximate surface area is 103 Å². The molecular formula is C10H5F3N4O2. The third kappa shape index (κ3) is 2.21. The van der Waals surface area contributed by atoms with Crippen LogP contribution in [-0.4, -0.2) is 15.2 Å². The van der Waals surface area contributed by atoms with Crippen LogP contribution in [0.5, 0.6) is 0 Å². The largest absolute Gasteiger partial charge is 0.423 e. The molecule has 0 aliphatic heterocycles. The average Bonchev–Trinajstić information content (AvgIpc) is 2.95. The number of nitrogens with one attached hydrogen (secondary N) is 1. The third-order valence-electron chi connectivity index (χ3n) is 2.29.